The van der Waals surface area contributed by atoms with Crippen LogP contribution in [0, 0.1) is 0 Å². The summed E-state index contributed by atoms with van der Waals surface area (Å²) in [5, 5.41) is 5.45. The molecule has 3 rings (SSSR count). The molecule has 0 radical (unpaired) electrons. The van der Waals surface area contributed by atoms with Crippen molar-refractivity contribution in [3.05, 3.63) is 59.7 Å². The van der Waals surface area contributed by atoms with Gasteiger partial charge in [-0.05, 0) is 43.2 Å². The number of hydrogen-bond donors (Lipinski definition) is 2. The molecule has 5 nitrogen and oxygen atoms in total. The van der Waals surface area contributed by atoms with Crippen molar-refractivity contribution >= 4 is 17.5 Å². The zero-order chi connectivity index (χ0) is 17.8. The summed E-state index contributed by atoms with van der Waals surface area (Å²) in [6, 6.07) is 12.4. The lowest BCUT2D eigenvalue weighted by molar-refractivity contribution is -0.0501. The van der Waals surface area contributed by atoms with Crippen LogP contribution in [0.25, 0.3) is 0 Å². The quantitative estimate of drug-likeness (QED) is 0.842. The monoisotopic (exact) mass is 346 g/mol. The highest BCUT2D eigenvalue weighted by Gasteiger charge is 2.24. The summed E-state index contributed by atoms with van der Waals surface area (Å²) in [5.74, 6) is -1.02. The van der Waals surface area contributed by atoms with Gasteiger partial charge in [0.05, 0.1) is 5.56 Å². The molecule has 0 heterocycles. The molecule has 1 aliphatic rings. The number of hydrogen-bond acceptors (Lipinski definition) is 3. The van der Waals surface area contributed by atoms with Crippen LogP contribution in [0.2, 0.25) is 0 Å². The van der Waals surface area contributed by atoms with Crippen molar-refractivity contribution in [2.45, 2.75) is 25.5 Å². The molecule has 1 saturated carbocycles. The van der Waals surface area contributed by atoms with Crippen molar-refractivity contribution in [1.29, 1.82) is 0 Å². The molecular weight excluding hydrogens is 330 g/mol. The summed E-state index contributed by atoms with van der Waals surface area (Å²) in [6.07, 6.45) is 1.95. The molecule has 1 aliphatic carbocycles. The van der Waals surface area contributed by atoms with Crippen molar-refractivity contribution < 1.29 is 23.1 Å². The van der Waals surface area contributed by atoms with Gasteiger partial charge in [-0.25, -0.2) is 0 Å². The van der Waals surface area contributed by atoms with E-state index in [1.165, 1.54) is 24.3 Å². The van der Waals surface area contributed by atoms with E-state index in [0.29, 0.717) is 11.3 Å². The van der Waals surface area contributed by atoms with Gasteiger partial charge < -0.3 is 15.4 Å². The molecule has 2 aromatic carbocycles. The first-order valence-corrected chi connectivity index (χ1v) is 7.79. The average Bonchev–Trinajstić information content (AvgIpc) is 3.39. The standard InChI is InChI=1S/C18H16F2N2O3/c19-18(20)25-15-7-2-1-6-14(15)17(24)22-13-5-3-4-11(10-13)16(23)21-12-8-9-12/h1-7,10,12,18H,8-9H2,(H,21,23)(H,22,24). The van der Waals surface area contributed by atoms with E-state index in [0.717, 1.165) is 12.8 Å². The number of amides is 2. The highest BCUT2D eigenvalue weighted by Crippen LogP contribution is 2.23. The zero-order valence-electron chi connectivity index (χ0n) is 13.2. The second-order valence-corrected chi connectivity index (χ2v) is 5.66. The Balaban J connectivity index is 1.74. The maximum atomic E-state index is 12.4. The van der Waals surface area contributed by atoms with Gasteiger partial charge in [0.2, 0.25) is 0 Å². The highest BCUT2D eigenvalue weighted by molar-refractivity contribution is 6.06. The summed E-state index contributed by atoms with van der Waals surface area (Å²) in [5.41, 5.74) is 0.790. The van der Waals surface area contributed by atoms with E-state index in [-0.39, 0.29) is 23.3 Å². The van der Waals surface area contributed by atoms with E-state index in [2.05, 4.69) is 15.4 Å². The number of halogens is 2. The van der Waals surface area contributed by atoms with Crippen LogP contribution in [0.5, 0.6) is 5.75 Å². The predicted molar refractivity (Wildman–Crippen MR) is 88.0 cm³/mol. The third kappa shape index (κ3) is 4.53. The lowest BCUT2D eigenvalue weighted by Gasteiger charge is -2.11. The maximum absolute atomic E-state index is 12.4. The molecule has 1 fully saturated rings. The van der Waals surface area contributed by atoms with Gasteiger partial charge in [-0.1, -0.05) is 18.2 Å². The molecule has 0 bridgehead atoms. The summed E-state index contributed by atoms with van der Waals surface area (Å²) in [6.45, 7) is -3.02. The van der Waals surface area contributed by atoms with Gasteiger partial charge >= 0.3 is 6.61 Å². The minimum Gasteiger partial charge on any atom is -0.434 e. The van der Waals surface area contributed by atoms with Crippen LogP contribution in [0.15, 0.2) is 48.5 Å². The number of anilines is 1. The molecule has 0 aromatic heterocycles. The smallest absolute Gasteiger partial charge is 0.387 e. The van der Waals surface area contributed by atoms with E-state index in [1.807, 2.05) is 0 Å². The third-order valence-corrected chi connectivity index (χ3v) is 3.64. The highest BCUT2D eigenvalue weighted by atomic mass is 19.3. The van der Waals surface area contributed by atoms with Crippen molar-refractivity contribution in [2.75, 3.05) is 5.32 Å². The van der Waals surface area contributed by atoms with Crippen LogP contribution in [-0.4, -0.2) is 24.5 Å². The second-order valence-electron chi connectivity index (χ2n) is 5.66. The Morgan fingerprint density at radius 3 is 2.52 bits per heavy atom. The zero-order valence-corrected chi connectivity index (χ0v) is 13.2. The van der Waals surface area contributed by atoms with Gasteiger partial charge in [-0.2, -0.15) is 8.78 Å². The Morgan fingerprint density at radius 2 is 1.80 bits per heavy atom. The van der Waals surface area contributed by atoms with Crippen molar-refractivity contribution in [1.82, 2.24) is 5.32 Å². The minimum absolute atomic E-state index is 0.0179. The Hall–Kier alpha value is -2.96. The first-order chi connectivity index (χ1) is 12.0. The van der Waals surface area contributed by atoms with E-state index < -0.39 is 12.5 Å². The number of carbonyl (C=O) groups excluding carboxylic acids is 2. The average molecular weight is 346 g/mol. The Kier molecular flexibility index (Phi) is 4.92. The number of para-hydroxylation sites is 1. The summed E-state index contributed by atoms with van der Waals surface area (Å²) in [7, 11) is 0. The van der Waals surface area contributed by atoms with E-state index >= 15 is 0 Å². The number of alkyl halides is 2. The molecule has 130 valence electrons. The van der Waals surface area contributed by atoms with Crippen molar-refractivity contribution in [3.63, 3.8) is 0 Å². The van der Waals surface area contributed by atoms with Gasteiger partial charge in [0, 0.05) is 17.3 Å². The third-order valence-electron chi connectivity index (χ3n) is 3.64. The Bertz CT molecular complexity index is 791. The SMILES string of the molecule is O=C(NC1CC1)c1cccc(NC(=O)c2ccccc2OC(F)F)c1. The lowest BCUT2D eigenvalue weighted by Crippen LogP contribution is -2.25. The molecule has 0 aliphatic heterocycles. The molecule has 2 amide bonds. The first kappa shape index (κ1) is 16.9. The largest absolute Gasteiger partial charge is 0.434 e. The molecule has 0 atom stereocenters. The number of ether oxygens (including phenoxy) is 1. The fourth-order valence-corrected chi connectivity index (χ4v) is 2.29. The molecule has 0 unspecified atom stereocenters. The fraction of sp³-hybridized carbons (Fsp3) is 0.222. The van der Waals surface area contributed by atoms with Gasteiger partial charge in [-0.15, -0.1) is 0 Å². The Labute approximate surface area is 143 Å². The normalized spacial score (nSPS) is 13.4. The van der Waals surface area contributed by atoms with Crippen LogP contribution in [-0.2, 0) is 0 Å². The van der Waals surface area contributed by atoms with Crippen LogP contribution in [0.4, 0.5) is 14.5 Å². The number of carbonyl (C=O) groups is 2. The molecule has 7 heteroatoms. The summed E-state index contributed by atoms with van der Waals surface area (Å²) < 4.78 is 29.2. The predicted octanol–water partition coefficient (Wildman–Crippen LogP) is 3.43. The van der Waals surface area contributed by atoms with E-state index in [4.69, 9.17) is 0 Å². The molecule has 2 aromatic rings. The minimum atomic E-state index is -3.02. The number of nitrogens with one attached hydrogen (secondary N) is 2. The first-order valence-electron chi connectivity index (χ1n) is 7.79. The van der Waals surface area contributed by atoms with Gasteiger partial charge in [0.25, 0.3) is 11.8 Å². The topological polar surface area (TPSA) is 67.4 Å². The van der Waals surface area contributed by atoms with Gasteiger partial charge in [-0.3, -0.25) is 9.59 Å². The molecule has 25 heavy (non-hydrogen) atoms. The number of benzene rings is 2. The van der Waals surface area contributed by atoms with Crippen LogP contribution in [0.3, 0.4) is 0 Å². The Morgan fingerprint density at radius 1 is 1.04 bits per heavy atom. The van der Waals surface area contributed by atoms with Crippen molar-refractivity contribution in [3.8, 4) is 5.75 Å². The van der Waals surface area contributed by atoms with E-state index in [9.17, 15) is 18.4 Å². The molecule has 2 N–H and O–H groups in total. The summed E-state index contributed by atoms with van der Waals surface area (Å²) in [4.78, 5) is 24.4. The van der Waals surface area contributed by atoms with Crippen LogP contribution < -0.4 is 15.4 Å². The van der Waals surface area contributed by atoms with E-state index in [1.54, 1.807) is 24.3 Å². The molecular formula is C18H16F2N2O3. The van der Waals surface area contributed by atoms with Gasteiger partial charge in [0.15, 0.2) is 0 Å². The van der Waals surface area contributed by atoms with Crippen LogP contribution >= 0.6 is 0 Å². The van der Waals surface area contributed by atoms with Crippen molar-refractivity contribution in [2.24, 2.45) is 0 Å². The maximum Gasteiger partial charge on any atom is 0.387 e. The van der Waals surface area contributed by atoms with Crippen LogP contribution in [0.1, 0.15) is 33.6 Å². The molecule has 0 saturated heterocycles. The fourth-order valence-electron chi connectivity index (χ4n) is 2.29. The summed E-state index contributed by atoms with van der Waals surface area (Å²) >= 11 is 0. The lowest BCUT2D eigenvalue weighted by atomic mass is 10.1. The molecule has 0 spiro atoms. The van der Waals surface area contributed by atoms with Gasteiger partial charge in [0.1, 0.15) is 5.75 Å². The number of rotatable bonds is 6. The second kappa shape index (κ2) is 7.29.